The van der Waals surface area contributed by atoms with Gasteiger partial charge in [-0.2, -0.15) is 10.5 Å². The predicted octanol–water partition coefficient (Wildman–Crippen LogP) is 3.12. The lowest BCUT2D eigenvalue weighted by Gasteiger charge is -2.06. The Morgan fingerprint density at radius 2 is 1.96 bits per heavy atom. The molecular formula is C16H10F2N6. The molecule has 0 amide bonds. The summed E-state index contributed by atoms with van der Waals surface area (Å²) in [7, 11) is 0. The Hall–Kier alpha value is -3.60. The number of aromatic amines is 1. The summed E-state index contributed by atoms with van der Waals surface area (Å²) < 4.78 is 26.7. The summed E-state index contributed by atoms with van der Waals surface area (Å²) in [4.78, 5) is 0. The number of hydrogen-bond acceptors (Lipinski definition) is 5. The number of nitrogens with one attached hydrogen (secondary N) is 2. The summed E-state index contributed by atoms with van der Waals surface area (Å²) in [5, 5.41) is 25.1. The van der Waals surface area contributed by atoms with Crippen LogP contribution in [-0.2, 0) is 0 Å². The molecule has 118 valence electrons. The number of benzene rings is 2. The molecule has 24 heavy (non-hydrogen) atoms. The van der Waals surface area contributed by atoms with E-state index in [9.17, 15) is 8.78 Å². The van der Waals surface area contributed by atoms with Crippen molar-refractivity contribution in [2.75, 3.05) is 5.32 Å². The van der Waals surface area contributed by atoms with Gasteiger partial charge in [0.1, 0.15) is 23.3 Å². The molecule has 0 radical (unpaired) electrons. The van der Waals surface area contributed by atoms with E-state index < -0.39 is 11.6 Å². The third-order valence-electron chi connectivity index (χ3n) is 3.22. The van der Waals surface area contributed by atoms with Gasteiger partial charge in [-0.25, -0.2) is 8.78 Å². The van der Waals surface area contributed by atoms with E-state index in [4.69, 9.17) is 5.26 Å². The van der Waals surface area contributed by atoms with Crippen LogP contribution in [0.4, 0.5) is 14.5 Å². The molecule has 0 bridgehead atoms. The van der Waals surface area contributed by atoms with E-state index in [0.29, 0.717) is 16.8 Å². The van der Waals surface area contributed by atoms with Gasteiger partial charge in [0.15, 0.2) is 0 Å². The zero-order chi connectivity index (χ0) is 16.9. The average Bonchev–Trinajstić information content (AvgIpc) is 3.11. The van der Waals surface area contributed by atoms with E-state index in [0.717, 1.165) is 6.07 Å². The molecule has 0 saturated carbocycles. The van der Waals surface area contributed by atoms with Crippen molar-refractivity contribution < 1.29 is 8.78 Å². The van der Waals surface area contributed by atoms with Crippen molar-refractivity contribution in [3.63, 3.8) is 0 Å². The minimum atomic E-state index is -0.625. The van der Waals surface area contributed by atoms with E-state index in [1.807, 2.05) is 6.07 Å². The van der Waals surface area contributed by atoms with E-state index in [2.05, 4.69) is 25.9 Å². The monoisotopic (exact) mass is 324 g/mol. The molecule has 0 unspecified atom stereocenters. The Bertz CT molecular complexity index is 911. The molecule has 0 fully saturated rings. The maximum Gasteiger partial charge on any atom is 0.216 e. The van der Waals surface area contributed by atoms with Crippen LogP contribution >= 0.6 is 0 Å². The van der Waals surface area contributed by atoms with Gasteiger partial charge < -0.3 is 5.32 Å². The molecule has 2 aromatic carbocycles. The van der Waals surface area contributed by atoms with Crippen LogP contribution in [0.1, 0.15) is 5.82 Å². The molecule has 0 aliphatic rings. The van der Waals surface area contributed by atoms with Gasteiger partial charge in [0.25, 0.3) is 0 Å². The highest BCUT2D eigenvalue weighted by molar-refractivity contribution is 5.74. The molecular weight excluding hydrogens is 314 g/mol. The molecule has 0 atom stereocenters. The van der Waals surface area contributed by atoms with Gasteiger partial charge in [-0.3, -0.25) is 0 Å². The first-order valence-electron chi connectivity index (χ1n) is 6.83. The molecule has 2 N–H and O–H groups in total. The number of rotatable bonds is 4. The Kier molecular flexibility index (Phi) is 4.25. The van der Waals surface area contributed by atoms with Gasteiger partial charge in [0.2, 0.25) is 5.82 Å². The van der Waals surface area contributed by atoms with Gasteiger partial charge in [-0.05, 0) is 35.0 Å². The molecule has 1 aromatic heterocycles. The van der Waals surface area contributed by atoms with Crippen LogP contribution < -0.4 is 5.32 Å². The number of tetrazole rings is 1. The number of nitrogens with zero attached hydrogens (tertiary/aromatic N) is 4. The first-order chi connectivity index (χ1) is 11.7. The van der Waals surface area contributed by atoms with Crippen LogP contribution in [0.3, 0.4) is 0 Å². The van der Waals surface area contributed by atoms with Crippen LogP contribution in [0.25, 0.3) is 16.7 Å². The van der Waals surface area contributed by atoms with Crippen LogP contribution in [-0.4, -0.2) is 20.6 Å². The fourth-order valence-electron chi connectivity index (χ4n) is 2.05. The van der Waals surface area contributed by atoms with Crippen molar-refractivity contribution >= 4 is 11.3 Å². The predicted molar refractivity (Wildman–Crippen MR) is 83.2 cm³/mol. The number of anilines is 1. The highest BCUT2D eigenvalue weighted by Gasteiger charge is 2.07. The van der Waals surface area contributed by atoms with Crippen LogP contribution in [0, 0.1) is 23.0 Å². The van der Waals surface area contributed by atoms with Crippen molar-refractivity contribution in [1.82, 2.24) is 20.6 Å². The number of halogens is 2. The first-order valence-corrected chi connectivity index (χ1v) is 6.83. The Balaban J connectivity index is 1.79. The second-order valence-electron chi connectivity index (χ2n) is 4.75. The summed E-state index contributed by atoms with van der Waals surface area (Å²) in [5.74, 6) is -1.07. The summed E-state index contributed by atoms with van der Waals surface area (Å²) in [6.45, 7) is 0. The topological polar surface area (TPSA) is 90.3 Å². The van der Waals surface area contributed by atoms with E-state index in [1.54, 1.807) is 24.3 Å². The summed E-state index contributed by atoms with van der Waals surface area (Å²) >= 11 is 0. The Labute approximate surface area is 135 Å². The second kappa shape index (κ2) is 6.66. The molecule has 1 heterocycles. The number of H-pyrrole nitrogens is 1. The van der Waals surface area contributed by atoms with Crippen molar-refractivity contribution in [3.05, 3.63) is 66.1 Å². The molecule has 0 aliphatic carbocycles. The third kappa shape index (κ3) is 3.25. The van der Waals surface area contributed by atoms with Gasteiger partial charge in [-0.1, -0.05) is 12.1 Å². The minimum Gasteiger partial charge on any atom is -0.360 e. The molecule has 3 aromatic rings. The fraction of sp³-hybridized carbons (Fsp3) is 0. The largest absolute Gasteiger partial charge is 0.360 e. The SMILES string of the molecule is N#CC(=CNc1ccc(-c2ccc(F)cc2F)cc1)c1nn[nH]n1. The van der Waals surface area contributed by atoms with Gasteiger partial charge in [0, 0.05) is 23.5 Å². The van der Waals surface area contributed by atoms with E-state index in [1.165, 1.54) is 18.3 Å². The average molecular weight is 324 g/mol. The summed E-state index contributed by atoms with van der Waals surface area (Å²) in [6.07, 6.45) is 1.44. The van der Waals surface area contributed by atoms with Crippen molar-refractivity contribution in [1.29, 1.82) is 5.26 Å². The molecule has 0 saturated heterocycles. The Morgan fingerprint density at radius 3 is 2.58 bits per heavy atom. The lowest BCUT2D eigenvalue weighted by Crippen LogP contribution is -1.93. The number of aromatic nitrogens is 4. The lowest BCUT2D eigenvalue weighted by atomic mass is 10.0. The lowest BCUT2D eigenvalue weighted by molar-refractivity contribution is 0.585. The maximum atomic E-state index is 13.8. The van der Waals surface area contributed by atoms with Crippen LogP contribution in [0.5, 0.6) is 0 Å². The number of allylic oxidation sites excluding steroid dienone is 1. The number of hydrogen-bond donors (Lipinski definition) is 2. The zero-order valence-corrected chi connectivity index (χ0v) is 12.2. The standard InChI is InChI=1S/C16H10F2N6/c17-12-3-6-14(15(18)7-12)10-1-4-13(5-2-10)20-9-11(8-19)16-21-23-24-22-16/h1-7,9,20H,(H,21,22,23,24). The van der Waals surface area contributed by atoms with Crippen LogP contribution in [0.2, 0.25) is 0 Å². The first kappa shape index (κ1) is 15.3. The van der Waals surface area contributed by atoms with Gasteiger partial charge in [0.05, 0.1) is 0 Å². The maximum absolute atomic E-state index is 13.8. The van der Waals surface area contributed by atoms with Crippen molar-refractivity contribution in [3.8, 4) is 17.2 Å². The summed E-state index contributed by atoms with van der Waals surface area (Å²) in [6, 6.07) is 12.2. The highest BCUT2D eigenvalue weighted by Crippen LogP contribution is 2.25. The van der Waals surface area contributed by atoms with Crippen molar-refractivity contribution in [2.45, 2.75) is 0 Å². The normalized spacial score (nSPS) is 11.1. The molecule has 6 nitrogen and oxygen atoms in total. The molecule has 3 rings (SSSR count). The van der Waals surface area contributed by atoms with Crippen LogP contribution in [0.15, 0.2) is 48.7 Å². The zero-order valence-electron chi connectivity index (χ0n) is 12.2. The molecule has 8 heteroatoms. The van der Waals surface area contributed by atoms with Crippen molar-refractivity contribution in [2.24, 2.45) is 0 Å². The van der Waals surface area contributed by atoms with Gasteiger partial charge >= 0.3 is 0 Å². The molecule has 0 spiro atoms. The second-order valence-corrected chi connectivity index (χ2v) is 4.75. The van der Waals surface area contributed by atoms with Gasteiger partial charge in [-0.15, -0.1) is 10.2 Å². The Morgan fingerprint density at radius 1 is 1.17 bits per heavy atom. The minimum absolute atomic E-state index is 0.176. The quantitative estimate of drug-likeness (QED) is 0.720. The molecule has 0 aliphatic heterocycles. The smallest absolute Gasteiger partial charge is 0.216 e. The third-order valence-corrected chi connectivity index (χ3v) is 3.22. The summed E-state index contributed by atoms with van der Waals surface area (Å²) in [5.41, 5.74) is 1.80. The van der Waals surface area contributed by atoms with E-state index in [-0.39, 0.29) is 11.4 Å². The fourth-order valence-corrected chi connectivity index (χ4v) is 2.05. The number of nitriles is 1. The highest BCUT2D eigenvalue weighted by atomic mass is 19.1. The van der Waals surface area contributed by atoms with E-state index >= 15 is 0 Å².